The molecule has 1 fully saturated rings. The lowest BCUT2D eigenvalue weighted by atomic mass is 9.97. The number of halogens is 6. The summed E-state index contributed by atoms with van der Waals surface area (Å²) in [6, 6.07) is 1.96. The van der Waals surface area contributed by atoms with Gasteiger partial charge < -0.3 is 10.0 Å². The third kappa shape index (κ3) is 3.82. The van der Waals surface area contributed by atoms with Crippen LogP contribution in [0, 0.1) is 11.6 Å². The number of benzene rings is 1. The number of alkyl halides is 3. The van der Waals surface area contributed by atoms with Crippen molar-refractivity contribution >= 4 is 23.2 Å². The fraction of sp³-hybridized carbons (Fsp3) is 0.318. The van der Waals surface area contributed by atoms with Crippen molar-refractivity contribution < 1.29 is 31.9 Å². The zero-order valence-corrected chi connectivity index (χ0v) is 19.4. The number of aliphatic imine (C=N–C) groups is 1. The van der Waals surface area contributed by atoms with Gasteiger partial charge in [0.2, 0.25) is 5.82 Å². The van der Waals surface area contributed by atoms with E-state index in [2.05, 4.69) is 20.1 Å². The lowest BCUT2D eigenvalue weighted by molar-refractivity contribution is -0.141. The molecular formula is C22H16ClF5N6O2. The summed E-state index contributed by atoms with van der Waals surface area (Å²) in [4.78, 5) is 26.0. The molecule has 1 atom stereocenters. The van der Waals surface area contributed by atoms with E-state index in [9.17, 15) is 31.9 Å². The first-order valence-electron chi connectivity index (χ1n) is 10.6. The van der Waals surface area contributed by atoms with E-state index >= 15 is 0 Å². The number of nitrogens with zero attached hydrogens (tertiary/aromatic N) is 6. The molecule has 0 aliphatic carbocycles. The van der Waals surface area contributed by atoms with E-state index in [1.807, 2.05) is 0 Å². The van der Waals surface area contributed by atoms with Crippen LogP contribution in [0.15, 0.2) is 29.4 Å². The molecule has 0 radical (unpaired) electrons. The van der Waals surface area contributed by atoms with E-state index in [0.717, 1.165) is 29.1 Å². The van der Waals surface area contributed by atoms with Crippen LogP contribution in [0.25, 0.3) is 5.69 Å². The average Bonchev–Trinajstić information content (AvgIpc) is 3.16. The van der Waals surface area contributed by atoms with Crippen LogP contribution < -0.4 is 0 Å². The average molecular weight is 527 g/mol. The fourth-order valence-electron chi connectivity index (χ4n) is 4.21. The summed E-state index contributed by atoms with van der Waals surface area (Å²) in [5, 5.41) is 13.1. The number of aromatic nitrogens is 4. The smallest absolute Gasteiger partial charge is 0.386 e. The molecule has 2 aliphatic rings. The Labute approximate surface area is 205 Å². The van der Waals surface area contributed by atoms with Crippen molar-refractivity contribution in [3.63, 3.8) is 0 Å². The summed E-state index contributed by atoms with van der Waals surface area (Å²) >= 11 is 6.16. The Morgan fingerprint density at radius 2 is 1.83 bits per heavy atom. The predicted octanol–water partition coefficient (Wildman–Crippen LogP) is 3.73. The summed E-state index contributed by atoms with van der Waals surface area (Å²) in [5.41, 5.74) is -4.37. The molecule has 2 aromatic heterocycles. The third-order valence-electron chi connectivity index (χ3n) is 5.80. The summed E-state index contributed by atoms with van der Waals surface area (Å²) in [5.74, 6) is -3.05. The molecule has 0 unspecified atom stereocenters. The number of aliphatic hydroxyl groups is 1. The van der Waals surface area contributed by atoms with Crippen molar-refractivity contribution in [1.82, 2.24) is 24.6 Å². The van der Waals surface area contributed by atoms with E-state index in [1.54, 1.807) is 6.92 Å². The van der Waals surface area contributed by atoms with Crippen LogP contribution in [0.1, 0.15) is 53.2 Å². The number of carbonyl (C=O) groups is 1. The van der Waals surface area contributed by atoms with Gasteiger partial charge in [0.1, 0.15) is 17.7 Å². The van der Waals surface area contributed by atoms with Crippen molar-refractivity contribution in [2.24, 2.45) is 4.99 Å². The number of hydrogen-bond acceptors (Lipinski definition) is 6. The maximum Gasteiger partial charge on any atom is 0.434 e. The number of hydrogen-bond donors (Lipinski definition) is 1. The van der Waals surface area contributed by atoms with E-state index in [1.165, 1.54) is 11.8 Å². The van der Waals surface area contributed by atoms with Crippen molar-refractivity contribution in [3.8, 4) is 5.69 Å². The second kappa shape index (κ2) is 8.03. The van der Waals surface area contributed by atoms with Crippen LogP contribution in [0.4, 0.5) is 22.0 Å². The Bertz CT molecular complexity index is 1420. The van der Waals surface area contributed by atoms with Crippen LogP contribution in [-0.4, -0.2) is 60.1 Å². The molecule has 1 aromatic carbocycles. The number of pyridine rings is 1. The van der Waals surface area contributed by atoms with E-state index in [4.69, 9.17) is 11.6 Å². The molecule has 14 heteroatoms. The van der Waals surface area contributed by atoms with Gasteiger partial charge in [-0.25, -0.2) is 23.4 Å². The minimum Gasteiger partial charge on any atom is -0.386 e. The van der Waals surface area contributed by atoms with Gasteiger partial charge in [-0.15, -0.1) is 5.10 Å². The number of carbonyl (C=O) groups excluding carboxylic acids is 1. The van der Waals surface area contributed by atoms with Gasteiger partial charge in [-0.2, -0.15) is 13.2 Å². The van der Waals surface area contributed by atoms with Crippen LogP contribution in [0.2, 0.25) is 5.02 Å². The number of likely N-dealkylation sites (tertiary alicyclic amines) is 1. The molecule has 36 heavy (non-hydrogen) atoms. The topological polar surface area (TPSA) is 96.5 Å². The van der Waals surface area contributed by atoms with E-state index in [0.29, 0.717) is 0 Å². The highest BCUT2D eigenvalue weighted by molar-refractivity contribution is 6.37. The Kier molecular flexibility index (Phi) is 5.41. The quantitative estimate of drug-likeness (QED) is 0.513. The number of β-amino-alcohol motifs (C(OH)–C–C–N with tert-alkyl or cyclic N) is 1. The summed E-state index contributed by atoms with van der Waals surface area (Å²) in [6.45, 7) is 3.10. The minimum absolute atomic E-state index is 0.0104. The molecule has 0 saturated carbocycles. The highest BCUT2D eigenvalue weighted by Gasteiger charge is 2.43. The van der Waals surface area contributed by atoms with Crippen LogP contribution in [0.5, 0.6) is 0 Å². The summed E-state index contributed by atoms with van der Waals surface area (Å²) in [6.07, 6.45) is -4.19. The van der Waals surface area contributed by atoms with E-state index in [-0.39, 0.29) is 30.4 Å². The van der Waals surface area contributed by atoms with Crippen LogP contribution in [0.3, 0.4) is 0 Å². The summed E-state index contributed by atoms with van der Waals surface area (Å²) in [7, 11) is 0. The van der Waals surface area contributed by atoms with Crippen LogP contribution >= 0.6 is 11.6 Å². The van der Waals surface area contributed by atoms with Crippen LogP contribution in [-0.2, 0) is 6.18 Å². The van der Waals surface area contributed by atoms with Gasteiger partial charge in [-0.3, -0.25) is 9.79 Å². The third-order valence-corrected chi connectivity index (χ3v) is 6.17. The molecule has 8 nitrogen and oxygen atoms in total. The molecule has 1 N–H and O–H groups in total. The number of amides is 1. The first kappa shape index (κ1) is 24.3. The Balaban J connectivity index is 1.74. The second-order valence-corrected chi connectivity index (χ2v) is 9.17. The SMILES string of the molecule is C[C@@H]1N=C(c2c(F)cccc2F)c2c(cnc(C(F)(F)F)c2Cl)-n2nc(C(=O)N3CC(C)(O)C3)nc21. The molecule has 4 heterocycles. The van der Waals surface area contributed by atoms with Gasteiger partial charge in [-0.05, 0) is 26.0 Å². The van der Waals surface area contributed by atoms with Crippen molar-refractivity contribution in [1.29, 1.82) is 0 Å². The second-order valence-electron chi connectivity index (χ2n) is 8.79. The van der Waals surface area contributed by atoms with Gasteiger partial charge in [0.25, 0.3) is 5.91 Å². The lowest BCUT2D eigenvalue weighted by Crippen LogP contribution is -2.61. The lowest BCUT2D eigenvalue weighted by Gasteiger charge is -2.43. The molecule has 0 bridgehead atoms. The number of fused-ring (bicyclic) bond motifs is 3. The Morgan fingerprint density at radius 3 is 2.42 bits per heavy atom. The van der Waals surface area contributed by atoms with Crippen molar-refractivity contribution in [2.75, 3.05) is 13.1 Å². The monoisotopic (exact) mass is 526 g/mol. The molecule has 1 amide bonds. The van der Waals surface area contributed by atoms with Gasteiger partial charge in [0.05, 0.1) is 46.9 Å². The molecule has 1 saturated heterocycles. The maximum atomic E-state index is 14.8. The molecule has 188 valence electrons. The van der Waals surface area contributed by atoms with Gasteiger partial charge >= 0.3 is 6.18 Å². The number of rotatable bonds is 2. The zero-order chi connectivity index (χ0) is 26.2. The Morgan fingerprint density at radius 1 is 1.19 bits per heavy atom. The highest BCUT2D eigenvalue weighted by Crippen LogP contribution is 2.40. The Hall–Kier alpha value is -3.45. The molecule has 2 aliphatic heterocycles. The summed E-state index contributed by atoms with van der Waals surface area (Å²) < 4.78 is 71.5. The highest BCUT2D eigenvalue weighted by atomic mass is 35.5. The van der Waals surface area contributed by atoms with Crippen molar-refractivity contribution in [2.45, 2.75) is 31.7 Å². The van der Waals surface area contributed by atoms with E-state index < -0.39 is 62.9 Å². The standard InChI is InChI=1S/C22H16ClF5N6O2/c1-9-19-31-18(20(35)33-7-21(2,36)8-33)32-34(19)12-6-29-17(22(26,27)28)15(23)14(12)16(30-9)13-10(24)4-3-5-11(13)25/h3-6,9,36H,7-8H2,1-2H3/t9-/m0/s1. The largest absolute Gasteiger partial charge is 0.434 e. The van der Waals surface area contributed by atoms with Gasteiger partial charge in [-0.1, -0.05) is 17.7 Å². The minimum atomic E-state index is -4.98. The maximum absolute atomic E-state index is 14.8. The van der Waals surface area contributed by atoms with Gasteiger partial charge in [0, 0.05) is 5.56 Å². The normalized spacial score (nSPS) is 18.6. The fourth-order valence-corrected chi connectivity index (χ4v) is 4.56. The zero-order valence-electron chi connectivity index (χ0n) is 18.6. The molecular weight excluding hydrogens is 511 g/mol. The predicted molar refractivity (Wildman–Crippen MR) is 116 cm³/mol. The van der Waals surface area contributed by atoms with Gasteiger partial charge in [0.15, 0.2) is 11.5 Å². The first-order chi connectivity index (χ1) is 16.8. The van der Waals surface area contributed by atoms with Crippen molar-refractivity contribution in [3.05, 3.63) is 69.5 Å². The first-order valence-corrected chi connectivity index (χ1v) is 10.9. The molecule has 5 rings (SSSR count). The molecule has 3 aromatic rings. The molecule has 0 spiro atoms.